The third-order valence-electron chi connectivity index (χ3n) is 2.50. The van der Waals surface area contributed by atoms with E-state index in [1.165, 1.54) is 0 Å². The first-order chi connectivity index (χ1) is 8.02. The molecule has 6 heteroatoms. The van der Waals surface area contributed by atoms with Crippen LogP contribution in [-0.2, 0) is 9.59 Å². The second kappa shape index (κ2) is 3.97. The molecule has 88 valence electrons. The third kappa shape index (κ3) is 1.89. The van der Waals surface area contributed by atoms with Crippen LogP contribution >= 0.6 is 0 Å². The molecule has 2 heterocycles. The average Bonchev–Trinajstić information content (AvgIpc) is 2.61. The maximum atomic E-state index is 10.9. The number of carboxylic acid groups (broad SMARTS) is 1. The molecular weight excluding hydrogens is 222 g/mol. The quantitative estimate of drug-likeness (QED) is 0.623. The molecule has 0 bridgehead atoms. The Hall–Kier alpha value is -2.24. The van der Waals surface area contributed by atoms with Crippen molar-refractivity contribution in [1.29, 1.82) is 0 Å². The van der Waals surface area contributed by atoms with Gasteiger partial charge in [-0.2, -0.15) is 5.10 Å². The van der Waals surface area contributed by atoms with Crippen molar-refractivity contribution in [3.63, 3.8) is 0 Å². The fourth-order valence-electron chi connectivity index (χ4n) is 1.72. The van der Waals surface area contributed by atoms with E-state index in [4.69, 9.17) is 5.11 Å². The van der Waals surface area contributed by atoms with E-state index in [1.54, 1.807) is 16.8 Å². The van der Waals surface area contributed by atoms with Gasteiger partial charge in [0.05, 0.1) is 28.8 Å². The zero-order valence-corrected chi connectivity index (χ0v) is 9.41. The first-order valence-electron chi connectivity index (χ1n) is 5.04. The highest BCUT2D eigenvalue weighted by Crippen LogP contribution is 2.17. The number of hydrogen-bond acceptors (Lipinski definition) is 4. The molecule has 17 heavy (non-hydrogen) atoms. The van der Waals surface area contributed by atoms with Crippen LogP contribution in [0.25, 0.3) is 5.52 Å². The lowest BCUT2D eigenvalue weighted by molar-refractivity contribution is -0.140. The van der Waals surface area contributed by atoms with E-state index < -0.39 is 11.9 Å². The predicted molar refractivity (Wildman–Crippen MR) is 58.9 cm³/mol. The molecule has 0 aliphatic carbocycles. The smallest absolute Gasteiger partial charge is 0.319 e. The summed E-state index contributed by atoms with van der Waals surface area (Å²) in [7, 11) is 0. The summed E-state index contributed by atoms with van der Waals surface area (Å²) in [6.45, 7) is 3.63. The second-order valence-electron chi connectivity index (χ2n) is 3.82. The van der Waals surface area contributed by atoms with Crippen molar-refractivity contribution >= 4 is 17.8 Å². The minimum Gasteiger partial charge on any atom is -0.480 e. The summed E-state index contributed by atoms with van der Waals surface area (Å²) in [4.78, 5) is 25.8. The summed E-state index contributed by atoms with van der Waals surface area (Å²) in [5.74, 6) is -2.43. The van der Waals surface area contributed by atoms with E-state index in [0.29, 0.717) is 11.8 Å². The van der Waals surface area contributed by atoms with Gasteiger partial charge in [0.15, 0.2) is 5.92 Å². The van der Waals surface area contributed by atoms with Crippen LogP contribution in [-0.4, -0.2) is 32.0 Å². The maximum absolute atomic E-state index is 10.9. The Bertz CT molecular complexity index is 603. The number of carbonyl (C=O) groups is 2. The molecule has 1 atom stereocenters. The van der Waals surface area contributed by atoms with Crippen LogP contribution in [0.4, 0.5) is 0 Å². The van der Waals surface area contributed by atoms with Crippen LogP contribution < -0.4 is 0 Å². The summed E-state index contributed by atoms with van der Waals surface area (Å²) < 4.78 is 1.55. The molecule has 0 spiro atoms. The van der Waals surface area contributed by atoms with Gasteiger partial charge in [0.2, 0.25) is 0 Å². The van der Waals surface area contributed by atoms with Gasteiger partial charge in [-0.3, -0.25) is 9.78 Å². The molecule has 1 N–H and O–H groups in total. The molecule has 0 aliphatic heterocycles. The molecule has 0 saturated carbocycles. The monoisotopic (exact) mass is 233 g/mol. The highest BCUT2D eigenvalue weighted by Gasteiger charge is 2.22. The predicted octanol–water partition coefficient (Wildman–Crippen LogP) is 0.713. The van der Waals surface area contributed by atoms with Crippen LogP contribution in [0.15, 0.2) is 12.3 Å². The van der Waals surface area contributed by atoms with E-state index in [9.17, 15) is 9.59 Å². The van der Waals surface area contributed by atoms with Crippen LogP contribution in [0.2, 0.25) is 0 Å². The van der Waals surface area contributed by atoms with Crippen molar-refractivity contribution in [2.45, 2.75) is 19.8 Å². The standard InChI is InChI=1S/C11H11N3O3/c1-6-4-14-10(7(2)12-6)3-9(13-14)8(5-15)11(16)17/h3-5,8H,1-2H3,(H,16,17). The largest absolute Gasteiger partial charge is 0.480 e. The van der Waals surface area contributed by atoms with Gasteiger partial charge in [-0.15, -0.1) is 0 Å². The van der Waals surface area contributed by atoms with Crippen molar-refractivity contribution in [2.24, 2.45) is 0 Å². The minimum atomic E-state index is -1.23. The van der Waals surface area contributed by atoms with E-state index in [1.807, 2.05) is 13.8 Å². The fraction of sp³-hybridized carbons (Fsp3) is 0.273. The third-order valence-corrected chi connectivity index (χ3v) is 2.50. The Balaban J connectivity index is 2.62. The van der Waals surface area contributed by atoms with Crippen molar-refractivity contribution in [1.82, 2.24) is 14.6 Å². The van der Waals surface area contributed by atoms with Gasteiger partial charge in [0, 0.05) is 0 Å². The van der Waals surface area contributed by atoms with Crippen LogP contribution in [0, 0.1) is 13.8 Å². The van der Waals surface area contributed by atoms with E-state index in [0.717, 1.165) is 11.4 Å². The molecule has 1 unspecified atom stereocenters. The van der Waals surface area contributed by atoms with E-state index in [-0.39, 0.29) is 5.69 Å². The molecule has 2 aromatic rings. The normalized spacial score (nSPS) is 12.6. The maximum Gasteiger partial charge on any atom is 0.319 e. The first kappa shape index (κ1) is 11.3. The lowest BCUT2D eigenvalue weighted by Crippen LogP contribution is -2.13. The molecule has 2 rings (SSSR count). The molecule has 0 fully saturated rings. The van der Waals surface area contributed by atoms with Crippen LogP contribution in [0.5, 0.6) is 0 Å². The van der Waals surface area contributed by atoms with Gasteiger partial charge in [-0.1, -0.05) is 0 Å². The number of aryl methyl sites for hydroxylation is 2. The molecule has 2 aromatic heterocycles. The van der Waals surface area contributed by atoms with Gasteiger partial charge < -0.3 is 9.90 Å². The van der Waals surface area contributed by atoms with Gasteiger partial charge in [-0.05, 0) is 19.9 Å². The van der Waals surface area contributed by atoms with Crippen molar-refractivity contribution in [3.05, 3.63) is 29.3 Å². The Labute approximate surface area is 96.9 Å². The average molecular weight is 233 g/mol. The van der Waals surface area contributed by atoms with Gasteiger partial charge in [0.1, 0.15) is 6.29 Å². The zero-order valence-electron chi connectivity index (χ0n) is 9.41. The number of carboxylic acids is 1. The summed E-state index contributed by atoms with van der Waals surface area (Å²) >= 11 is 0. The molecule has 0 aliphatic rings. The molecule has 0 amide bonds. The van der Waals surface area contributed by atoms with E-state index >= 15 is 0 Å². The molecule has 0 radical (unpaired) electrons. The van der Waals surface area contributed by atoms with Gasteiger partial charge >= 0.3 is 5.97 Å². The Morgan fingerprint density at radius 2 is 2.24 bits per heavy atom. The Kier molecular flexibility index (Phi) is 2.63. The fourth-order valence-corrected chi connectivity index (χ4v) is 1.72. The summed E-state index contributed by atoms with van der Waals surface area (Å²) in [5, 5.41) is 13.0. The molecule has 0 saturated heterocycles. The molecular formula is C11H11N3O3. The highest BCUT2D eigenvalue weighted by molar-refractivity contribution is 5.92. The number of rotatable bonds is 3. The lowest BCUT2D eigenvalue weighted by Gasteiger charge is -1.98. The number of aromatic nitrogens is 3. The summed E-state index contributed by atoms with van der Waals surface area (Å²) in [5.41, 5.74) is 2.46. The minimum absolute atomic E-state index is 0.225. The number of aliphatic carboxylic acids is 1. The van der Waals surface area contributed by atoms with Gasteiger partial charge in [-0.25, -0.2) is 4.52 Å². The molecule has 6 nitrogen and oxygen atoms in total. The van der Waals surface area contributed by atoms with E-state index in [2.05, 4.69) is 10.1 Å². The zero-order chi connectivity index (χ0) is 12.6. The number of carbonyl (C=O) groups excluding carboxylic acids is 1. The Morgan fingerprint density at radius 1 is 1.53 bits per heavy atom. The van der Waals surface area contributed by atoms with Crippen LogP contribution in [0.3, 0.4) is 0 Å². The highest BCUT2D eigenvalue weighted by atomic mass is 16.4. The summed E-state index contributed by atoms with van der Waals surface area (Å²) in [6.07, 6.45) is 2.06. The first-order valence-corrected chi connectivity index (χ1v) is 5.04. The molecule has 0 aromatic carbocycles. The Morgan fingerprint density at radius 3 is 2.82 bits per heavy atom. The second-order valence-corrected chi connectivity index (χ2v) is 3.82. The number of hydrogen-bond donors (Lipinski definition) is 1. The topological polar surface area (TPSA) is 84.6 Å². The number of fused-ring (bicyclic) bond motifs is 1. The SMILES string of the molecule is Cc1cn2nc(C(C=O)C(=O)O)cc2c(C)n1. The lowest BCUT2D eigenvalue weighted by atomic mass is 10.1. The van der Waals surface area contributed by atoms with Crippen molar-refractivity contribution in [2.75, 3.05) is 0 Å². The van der Waals surface area contributed by atoms with Gasteiger partial charge in [0.25, 0.3) is 0 Å². The van der Waals surface area contributed by atoms with Crippen molar-refractivity contribution < 1.29 is 14.7 Å². The van der Waals surface area contributed by atoms with Crippen molar-refractivity contribution in [3.8, 4) is 0 Å². The van der Waals surface area contributed by atoms with Crippen LogP contribution in [0.1, 0.15) is 23.0 Å². The summed E-state index contributed by atoms with van der Waals surface area (Å²) in [6, 6.07) is 1.58. The number of nitrogens with zero attached hydrogens (tertiary/aromatic N) is 3. The number of aldehydes is 1.